The lowest BCUT2D eigenvalue weighted by Crippen LogP contribution is -2.34. The summed E-state index contributed by atoms with van der Waals surface area (Å²) in [4.78, 5) is 2.07. The fourth-order valence-corrected chi connectivity index (χ4v) is 2.39. The highest BCUT2D eigenvalue weighted by molar-refractivity contribution is 7.90. The molecule has 0 spiro atoms. The number of hydrogen-bond donors (Lipinski definition) is 0. The topological polar surface area (TPSA) is 37.4 Å². The Morgan fingerprint density at radius 2 is 1.83 bits per heavy atom. The fraction of sp³-hybridized carbons (Fsp3) is 0.538. The third kappa shape index (κ3) is 5.85. The molecule has 0 unspecified atom stereocenters. The van der Waals surface area contributed by atoms with Gasteiger partial charge in [-0.1, -0.05) is 23.7 Å². The van der Waals surface area contributed by atoms with Crippen LogP contribution in [0.5, 0.6) is 0 Å². The van der Waals surface area contributed by atoms with Gasteiger partial charge in [-0.2, -0.15) is 0 Å². The fourth-order valence-electron chi connectivity index (χ4n) is 1.65. The summed E-state index contributed by atoms with van der Waals surface area (Å²) in [6.07, 6.45) is 2.15. The average Bonchev–Trinajstić information content (AvgIpc) is 2.28. The largest absolute Gasteiger partial charge is 0.302 e. The van der Waals surface area contributed by atoms with Crippen molar-refractivity contribution in [3.8, 4) is 0 Å². The molecule has 0 aliphatic heterocycles. The minimum absolute atomic E-state index is 0.203. The number of likely N-dealkylation sites (N-methyl/N-ethyl adjacent to an activating group) is 1. The van der Waals surface area contributed by atoms with Crippen molar-refractivity contribution in [1.29, 1.82) is 0 Å². The molecule has 102 valence electrons. The van der Waals surface area contributed by atoms with E-state index < -0.39 is 9.84 Å². The Kier molecular flexibility index (Phi) is 5.63. The van der Waals surface area contributed by atoms with Gasteiger partial charge in [0.05, 0.1) is 5.75 Å². The Bertz CT molecular complexity index is 470. The van der Waals surface area contributed by atoms with E-state index in [0.29, 0.717) is 12.6 Å². The van der Waals surface area contributed by atoms with Gasteiger partial charge in [0.15, 0.2) is 0 Å². The van der Waals surface area contributed by atoms with Gasteiger partial charge >= 0.3 is 0 Å². The molecule has 0 saturated heterocycles. The van der Waals surface area contributed by atoms with E-state index in [9.17, 15) is 8.42 Å². The van der Waals surface area contributed by atoms with Gasteiger partial charge in [0, 0.05) is 23.9 Å². The van der Waals surface area contributed by atoms with E-state index >= 15 is 0 Å². The molecule has 3 nitrogen and oxygen atoms in total. The van der Waals surface area contributed by atoms with Crippen LogP contribution in [0.4, 0.5) is 0 Å². The second-order valence-corrected chi connectivity index (χ2v) is 7.49. The lowest BCUT2D eigenvalue weighted by Gasteiger charge is -2.24. The molecular weight excluding hydrogens is 270 g/mol. The minimum atomic E-state index is -2.89. The standard InChI is InChI=1S/C13H20ClNO2S/c1-11(15(2)8-9-18(3,16)17)10-12-4-6-13(14)7-5-12/h4-7,11H,8-10H2,1-3H3/t11-/m0/s1. The predicted molar refractivity (Wildman–Crippen MR) is 77.0 cm³/mol. The molecule has 0 amide bonds. The maximum absolute atomic E-state index is 11.1. The lowest BCUT2D eigenvalue weighted by molar-refractivity contribution is 0.270. The maximum atomic E-state index is 11.1. The number of rotatable bonds is 6. The lowest BCUT2D eigenvalue weighted by atomic mass is 10.1. The number of hydrogen-bond acceptors (Lipinski definition) is 3. The maximum Gasteiger partial charge on any atom is 0.148 e. The van der Waals surface area contributed by atoms with Crippen molar-refractivity contribution in [2.75, 3.05) is 25.6 Å². The summed E-state index contributed by atoms with van der Waals surface area (Å²) in [6.45, 7) is 2.66. The molecule has 0 aliphatic rings. The van der Waals surface area contributed by atoms with Crippen molar-refractivity contribution in [1.82, 2.24) is 4.90 Å². The Morgan fingerprint density at radius 3 is 2.33 bits per heavy atom. The number of halogens is 1. The highest BCUT2D eigenvalue weighted by atomic mass is 35.5. The Labute approximate surface area is 115 Å². The number of benzene rings is 1. The molecule has 18 heavy (non-hydrogen) atoms. The molecule has 1 atom stereocenters. The van der Waals surface area contributed by atoms with Crippen LogP contribution in [0.25, 0.3) is 0 Å². The molecule has 0 saturated carbocycles. The van der Waals surface area contributed by atoms with Crippen LogP contribution in [0.2, 0.25) is 5.02 Å². The predicted octanol–water partition coefficient (Wildman–Crippen LogP) is 2.25. The van der Waals surface area contributed by atoms with Gasteiger partial charge < -0.3 is 4.90 Å². The van der Waals surface area contributed by atoms with Crippen LogP contribution < -0.4 is 0 Å². The average molecular weight is 290 g/mol. The first-order valence-electron chi connectivity index (χ1n) is 5.90. The zero-order chi connectivity index (χ0) is 13.8. The first-order valence-corrected chi connectivity index (χ1v) is 8.34. The van der Waals surface area contributed by atoms with Gasteiger partial charge in [0.1, 0.15) is 9.84 Å². The Balaban J connectivity index is 2.49. The highest BCUT2D eigenvalue weighted by Gasteiger charge is 2.12. The first-order chi connectivity index (χ1) is 8.28. The van der Waals surface area contributed by atoms with Crippen LogP contribution in [0, 0.1) is 0 Å². The van der Waals surface area contributed by atoms with Gasteiger partial charge in [0.2, 0.25) is 0 Å². The molecule has 0 aliphatic carbocycles. The van der Waals surface area contributed by atoms with Crippen molar-refractivity contribution in [3.05, 3.63) is 34.9 Å². The smallest absolute Gasteiger partial charge is 0.148 e. The van der Waals surface area contributed by atoms with Crippen LogP contribution in [0.15, 0.2) is 24.3 Å². The summed E-state index contributed by atoms with van der Waals surface area (Å²) in [6, 6.07) is 8.06. The van der Waals surface area contributed by atoms with E-state index in [1.165, 1.54) is 11.8 Å². The summed E-state index contributed by atoms with van der Waals surface area (Å²) >= 11 is 5.83. The van der Waals surface area contributed by atoms with Gasteiger partial charge in [-0.05, 0) is 38.1 Å². The second-order valence-electron chi connectivity index (χ2n) is 4.79. The van der Waals surface area contributed by atoms with Crippen LogP contribution in [-0.4, -0.2) is 45.0 Å². The van der Waals surface area contributed by atoms with Crippen molar-refractivity contribution in [3.63, 3.8) is 0 Å². The van der Waals surface area contributed by atoms with E-state index in [0.717, 1.165) is 11.4 Å². The van der Waals surface area contributed by atoms with E-state index in [1.54, 1.807) is 0 Å². The first kappa shape index (κ1) is 15.5. The van der Waals surface area contributed by atoms with Crippen LogP contribution in [0.1, 0.15) is 12.5 Å². The SMILES string of the molecule is C[C@@H](Cc1ccc(Cl)cc1)N(C)CCS(C)(=O)=O. The summed E-state index contributed by atoms with van der Waals surface area (Å²) in [5.74, 6) is 0.203. The van der Waals surface area contributed by atoms with Crippen molar-refractivity contribution >= 4 is 21.4 Å². The van der Waals surface area contributed by atoms with Gasteiger partial charge in [-0.15, -0.1) is 0 Å². The molecule has 1 rings (SSSR count). The number of sulfone groups is 1. The molecular formula is C13H20ClNO2S. The second kappa shape index (κ2) is 6.55. The zero-order valence-corrected chi connectivity index (χ0v) is 12.6. The third-order valence-electron chi connectivity index (χ3n) is 3.01. The van der Waals surface area contributed by atoms with Crippen LogP contribution >= 0.6 is 11.6 Å². The van der Waals surface area contributed by atoms with Gasteiger partial charge in [-0.25, -0.2) is 8.42 Å². The normalized spacial score (nSPS) is 13.8. The summed E-state index contributed by atoms with van der Waals surface area (Å²) in [7, 11) is -0.940. The molecule has 0 radical (unpaired) electrons. The monoisotopic (exact) mass is 289 g/mol. The van der Waals surface area contributed by atoms with E-state index in [4.69, 9.17) is 11.6 Å². The van der Waals surface area contributed by atoms with Crippen molar-refractivity contribution < 1.29 is 8.42 Å². The Hall–Kier alpha value is -0.580. The summed E-state index contributed by atoms with van der Waals surface area (Å²) in [5.41, 5.74) is 1.21. The minimum Gasteiger partial charge on any atom is -0.302 e. The molecule has 0 aromatic heterocycles. The third-order valence-corrected chi connectivity index (χ3v) is 4.19. The zero-order valence-electron chi connectivity index (χ0n) is 11.1. The van der Waals surface area contributed by atoms with E-state index in [-0.39, 0.29) is 5.75 Å². The van der Waals surface area contributed by atoms with E-state index in [2.05, 4.69) is 11.8 Å². The molecule has 1 aromatic rings. The van der Waals surface area contributed by atoms with Crippen molar-refractivity contribution in [2.24, 2.45) is 0 Å². The molecule has 0 fully saturated rings. The molecule has 0 bridgehead atoms. The van der Waals surface area contributed by atoms with Crippen molar-refractivity contribution in [2.45, 2.75) is 19.4 Å². The van der Waals surface area contributed by atoms with Gasteiger partial charge in [-0.3, -0.25) is 0 Å². The molecule has 0 N–H and O–H groups in total. The highest BCUT2D eigenvalue weighted by Crippen LogP contribution is 2.12. The molecule has 0 heterocycles. The number of nitrogens with zero attached hydrogens (tertiary/aromatic N) is 1. The quantitative estimate of drug-likeness (QED) is 0.806. The Morgan fingerprint density at radius 1 is 1.28 bits per heavy atom. The molecule has 5 heteroatoms. The molecule has 1 aromatic carbocycles. The summed E-state index contributed by atoms with van der Waals surface area (Å²) in [5, 5.41) is 0.733. The summed E-state index contributed by atoms with van der Waals surface area (Å²) < 4.78 is 22.2. The van der Waals surface area contributed by atoms with Crippen LogP contribution in [-0.2, 0) is 16.3 Å². The van der Waals surface area contributed by atoms with Crippen LogP contribution in [0.3, 0.4) is 0 Å². The van der Waals surface area contributed by atoms with E-state index in [1.807, 2.05) is 31.3 Å². The van der Waals surface area contributed by atoms with Gasteiger partial charge in [0.25, 0.3) is 0 Å².